The average Bonchev–Trinajstić information content (AvgIpc) is 3.30. The van der Waals surface area contributed by atoms with Crippen molar-refractivity contribution in [2.24, 2.45) is 5.92 Å². The Morgan fingerprint density at radius 3 is 1.65 bits per heavy atom. The van der Waals surface area contributed by atoms with E-state index in [1.165, 1.54) is 56.9 Å². The van der Waals surface area contributed by atoms with E-state index in [9.17, 15) is 4.39 Å². The van der Waals surface area contributed by atoms with Crippen molar-refractivity contribution in [2.45, 2.75) is 148 Å². The SMILES string of the molecule is C.C/C=C(\C)CCCCCCC(C)C.CC.CC1=CC=C[CH]1.CCCC.CCCCF.CCO. The van der Waals surface area contributed by atoms with Crippen LogP contribution >= 0.6 is 0 Å². The van der Waals surface area contributed by atoms with E-state index < -0.39 is 0 Å². The van der Waals surface area contributed by atoms with Crippen molar-refractivity contribution in [3.63, 3.8) is 0 Å². The highest BCUT2D eigenvalue weighted by Gasteiger charge is 1.94. The average molecular weight is 488 g/mol. The number of aliphatic hydroxyl groups excluding tert-OH is 1. The molecule has 0 bridgehead atoms. The van der Waals surface area contributed by atoms with E-state index in [4.69, 9.17) is 5.11 Å². The van der Waals surface area contributed by atoms with E-state index >= 15 is 0 Å². The molecule has 1 radical (unpaired) electrons. The second-order valence-electron chi connectivity index (χ2n) is 8.30. The van der Waals surface area contributed by atoms with E-state index in [-0.39, 0.29) is 20.7 Å². The lowest BCUT2D eigenvalue weighted by atomic mass is 10.0. The van der Waals surface area contributed by atoms with Gasteiger partial charge in [0.2, 0.25) is 0 Å². The molecule has 0 saturated carbocycles. The first-order chi connectivity index (χ1) is 15.8. The van der Waals surface area contributed by atoms with Gasteiger partial charge < -0.3 is 5.11 Å². The predicted octanol–water partition coefficient (Wildman–Crippen LogP) is 11.9. The maximum atomic E-state index is 11.0. The fraction of sp³-hybridized carbons (Fsp3) is 0.781. The minimum atomic E-state index is -0.156. The number of rotatable bonds is 10. The highest BCUT2D eigenvalue weighted by molar-refractivity contribution is 5.31. The molecule has 0 fully saturated rings. The molecule has 1 aliphatic rings. The van der Waals surface area contributed by atoms with Crippen LogP contribution < -0.4 is 0 Å². The first kappa shape index (κ1) is 46.4. The maximum absolute atomic E-state index is 11.0. The summed E-state index contributed by atoms with van der Waals surface area (Å²) in [6.07, 6.45) is 23.2. The third-order valence-electron chi connectivity index (χ3n) is 4.41. The van der Waals surface area contributed by atoms with Crippen LogP contribution in [0.3, 0.4) is 0 Å². The van der Waals surface area contributed by atoms with Crippen LogP contribution in [0.5, 0.6) is 0 Å². The molecule has 209 valence electrons. The van der Waals surface area contributed by atoms with Gasteiger partial charge in [0.05, 0.1) is 6.67 Å². The number of unbranched alkanes of at least 4 members (excludes halogenated alkanes) is 5. The van der Waals surface area contributed by atoms with Crippen LogP contribution in [0.15, 0.2) is 35.5 Å². The van der Waals surface area contributed by atoms with Crippen molar-refractivity contribution in [3.05, 3.63) is 41.9 Å². The number of alkyl halides is 1. The molecule has 2 heteroatoms. The Morgan fingerprint density at radius 1 is 0.912 bits per heavy atom. The third kappa shape index (κ3) is 69.7. The van der Waals surface area contributed by atoms with Gasteiger partial charge in [0.1, 0.15) is 0 Å². The zero-order chi connectivity index (χ0) is 26.8. The zero-order valence-electron chi connectivity index (χ0n) is 24.8. The van der Waals surface area contributed by atoms with Gasteiger partial charge in [-0.15, -0.1) is 0 Å². The second-order valence-corrected chi connectivity index (χ2v) is 8.30. The summed E-state index contributed by atoms with van der Waals surface area (Å²) in [4.78, 5) is 0. The van der Waals surface area contributed by atoms with Crippen LogP contribution in [-0.2, 0) is 0 Å². The molecule has 0 saturated heterocycles. The molecule has 0 atom stereocenters. The maximum Gasteiger partial charge on any atom is 0.0894 e. The topological polar surface area (TPSA) is 20.2 Å². The van der Waals surface area contributed by atoms with Crippen LogP contribution in [0.1, 0.15) is 148 Å². The van der Waals surface area contributed by atoms with E-state index in [0.717, 1.165) is 18.8 Å². The minimum absolute atomic E-state index is 0. The molecule has 0 heterocycles. The number of allylic oxidation sites excluding steroid dienone is 6. The molecule has 1 aliphatic carbocycles. The summed E-state index contributed by atoms with van der Waals surface area (Å²) in [7, 11) is 0. The molecule has 34 heavy (non-hydrogen) atoms. The quantitative estimate of drug-likeness (QED) is 0.240. The van der Waals surface area contributed by atoms with Crippen LogP contribution in [0.25, 0.3) is 0 Å². The standard InChI is InChI=1S/C13H26.C6H7.C4H9F.C4H10.C2H6O.C2H6.CH4/c1-5-13(4)11-9-7-6-8-10-12(2)3;1-6-4-2-3-5-6;1-2-3-4-5;1-3-4-2;1-2-3;1-2;/h5,12H,6-11H2,1-4H3;2-5H,1H3;2-4H2,1H3;3-4H2,1-2H3;3H,2H2,1H3;1-2H3;1H4/b13-5+;;;;;;. The van der Waals surface area contributed by atoms with Gasteiger partial charge in [-0.25, -0.2) is 0 Å². The Morgan fingerprint density at radius 2 is 1.41 bits per heavy atom. The summed E-state index contributed by atoms with van der Waals surface area (Å²) in [6, 6.07) is 0. The smallest absolute Gasteiger partial charge is 0.0894 e. The van der Waals surface area contributed by atoms with E-state index in [1.807, 2.05) is 32.9 Å². The zero-order valence-corrected chi connectivity index (χ0v) is 24.8. The van der Waals surface area contributed by atoms with Gasteiger partial charge in [0.25, 0.3) is 0 Å². The van der Waals surface area contributed by atoms with Gasteiger partial charge in [-0.2, -0.15) is 0 Å². The van der Waals surface area contributed by atoms with Crippen molar-refractivity contribution < 1.29 is 9.50 Å². The lowest BCUT2D eigenvalue weighted by Gasteiger charge is -2.04. The Hall–Kier alpha value is -0.890. The Kier molecular flexibility index (Phi) is 67.3. The first-order valence-corrected chi connectivity index (χ1v) is 13.8. The number of halogens is 1. The van der Waals surface area contributed by atoms with Gasteiger partial charge in [-0.3, -0.25) is 4.39 Å². The molecule has 1 rings (SSSR count). The van der Waals surface area contributed by atoms with Crippen molar-refractivity contribution in [1.29, 1.82) is 0 Å². The molecule has 0 unspecified atom stereocenters. The minimum Gasteiger partial charge on any atom is -0.397 e. The fourth-order valence-corrected chi connectivity index (χ4v) is 2.06. The number of aliphatic hydroxyl groups is 1. The number of hydrogen-bond donors (Lipinski definition) is 1. The Labute approximate surface area is 218 Å². The monoisotopic (exact) mass is 488 g/mol. The molecular formula is C32H68FO. The lowest BCUT2D eigenvalue weighted by molar-refractivity contribution is 0.318. The number of hydrogen-bond acceptors (Lipinski definition) is 1. The molecule has 0 aromatic rings. The molecular weight excluding hydrogens is 419 g/mol. The molecule has 0 aromatic carbocycles. The fourth-order valence-electron chi connectivity index (χ4n) is 2.06. The summed E-state index contributed by atoms with van der Waals surface area (Å²) in [5.74, 6) is 0.886. The van der Waals surface area contributed by atoms with Gasteiger partial charge in [-0.1, -0.05) is 136 Å². The van der Waals surface area contributed by atoms with Crippen molar-refractivity contribution >= 4 is 0 Å². The first-order valence-electron chi connectivity index (χ1n) is 13.8. The molecule has 0 spiro atoms. The van der Waals surface area contributed by atoms with Crippen LogP contribution in [0.4, 0.5) is 4.39 Å². The third-order valence-corrected chi connectivity index (χ3v) is 4.41. The van der Waals surface area contributed by atoms with E-state index in [2.05, 4.69) is 67.0 Å². The van der Waals surface area contributed by atoms with Crippen LogP contribution in [0, 0.1) is 12.3 Å². The largest absolute Gasteiger partial charge is 0.397 e. The summed E-state index contributed by atoms with van der Waals surface area (Å²) >= 11 is 0. The summed E-state index contributed by atoms with van der Waals surface area (Å²) in [5, 5.41) is 7.57. The van der Waals surface area contributed by atoms with E-state index in [1.54, 1.807) is 12.5 Å². The van der Waals surface area contributed by atoms with Crippen molar-refractivity contribution in [2.75, 3.05) is 13.3 Å². The highest BCUT2D eigenvalue weighted by atomic mass is 19.1. The van der Waals surface area contributed by atoms with Crippen LogP contribution in [-0.4, -0.2) is 18.4 Å². The molecule has 1 nitrogen and oxygen atoms in total. The normalized spacial score (nSPS) is 10.9. The van der Waals surface area contributed by atoms with Gasteiger partial charge in [0.15, 0.2) is 0 Å². The Bertz CT molecular complexity index is 376. The van der Waals surface area contributed by atoms with Crippen molar-refractivity contribution in [3.8, 4) is 0 Å². The van der Waals surface area contributed by atoms with Gasteiger partial charge in [-0.05, 0) is 52.9 Å². The summed E-state index contributed by atoms with van der Waals surface area (Å²) < 4.78 is 11.0. The van der Waals surface area contributed by atoms with Crippen LogP contribution in [0.2, 0.25) is 0 Å². The van der Waals surface area contributed by atoms with Gasteiger partial charge in [0, 0.05) is 13.0 Å². The van der Waals surface area contributed by atoms with E-state index in [0.29, 0.717) is 0 Å². The van der Waals surface area contributed by atoms with Crippen molar-refractivity contribution in [1.82, 2.24) is 0 Å². The van der Waals surface area contributed by atoms with Gasteiger partial charge >= 0.3 is 0 Å². The summed E-state index contributed by atoms with van der Waals surface area (Å²) in [6.45, 7) is 23.2. The summed E-state index contributed by atoms with van der Waals surface area (Å²) in [5.41, 5.74) is 2.89. The second kappa shape index (κ2) is 49.3. The predicted molar refractivity (Wildman–Crippen MR) is 161 cm³/mol. The molecule has 1 N–H and O–H groups in total. The molecule has 0 aliphatic heterocycles. The lowest BCUT2D eigenvalue weighted by Crippen LogP contribution is -1.87. The molecule has 0 aromatic heterocycles. The highest BCUT2D eigenvalue weighted by Crippen LogP contribution is 2.12. The Balaban J connectivity index is -0.0000000784. The molecule has 0 amide bonds.